The monoisotopic (exact) mass is 930 g/mol. The van der Waals surface area contributed by atoms with Crippen molar-refractivity contribution in [3.63, 3.8) is 0 Å². The largest absolute Gasteiger partial charge is 0.500 e. The standard InChI is InChI=1S/C28H24N6.C11H21N6Si2.Ir/c1-3-11-23(12-4-1)33-21-31(25-15-9-17-29-27(25)33)19-7-8-20-32-22-34(24-13-5-2-6-14-24)28-26(32)16-10-18-30-28;1-15-11(9-17(14-15)19(5,6)7)10-8-16(13-12-10)18(2,3)4;/h1-6,9-11,13,15-18,21-22H,7-8,19-20H2;1-7H3;/q-4;-1;. The van der Waals surface area contributed by atoms with E-state index < -0.39 is 16.5 Å². The fourth-order valence-electron chi connectivity index (χ4n) is 5.97. The molecule has 15 heteroatoms. The first-order valence-corrected chi connectivity index (χ1v) is 24.8. The van der Waals surface area contributed by atoms with Crippen molar-refractivity contribution in [2.24, 2.45) is 7.05 Å². The van der Waals surface area contributed by atoms with Gasteiger partial charge in [0.1, 0.15) is 11.6 Å². The molecule has 2 aliphatic heterocycles. The molecule has 0 aliphatic carbocycles. The van der Waals surface area contributed by atoms with E-state index >= 15 is 0 Å². The Balaban J connectivity index is 0.000000213. The summed E-state index contributed by atoms with van der Waals surface area (Å²) in [5.74, 6) is 1.90. The average molecular weight is 930 g/mol. The van der Waals surface area contributed by atoms with Gasteiger partial charge in [-0.1, -0.05) is 25.8 Å². The van der Waals surface area contributed by atoms with Gasteiger partial charge in [0.2, 0.25) is 0 Å². The minimum absolute atomic E-state index is 0. The Morgan fingerprint density at radius 2 is 1.26 bits per heavy atom. The van der Waals surface area contributed by atoms with Gasteiger partial charge in [0.05, 0.1) is 7.05 Å². The van der Waals surface area contributed by atoms with Gasteiger partial charge in [0, 0.05) is 49.1 Å². The Kier molecular flexibility index (Phi) is 11.8. The molecule has 54 heavy (non-hydrogen) atoms. The van der Waals surface area contributed by atoms with Crippen LogP contribution in [0.5, 0.6) is 0 Å². The molecule has 8 rings (SSSR count). The predicted molar refractivity (Wildman–Crippen MR) is 213 cm³/mol. The van der Waals surface area contributed by atoms with Gasteiger partial charge in [-0.05, 0) is 69.8 Å². The number of rotatable bonds is 10. The van der Waals surface area contributed by atoms with Gasteiger partial charge in [-0.2, -0.15) is 79.7 Å². The van der Waals surface area contributed by atoms with E-state index in [1.807, 2.05) is 76.7 Å². The maximum atomic E-state index is 4.63. The van der Waals surface area contributed by atoms with E-state index in [2.05, 4.69) is 147 Å². The summed E-state index contributed by atoms with van der Waals surface area (Å²) < 4.78 is 5.62. The van der Waals surface area contributed by atoms with Gasteiger partial charge in [-0.15, -0.1) is 22.3 Å². The third-order valence-electron chi connectivity index (χ3n) is 8.77. The summed E-state index contributed by atoms with van der Waals surface area (Å²) in [7, 11) is -1.18. The Morgan fingerprint density at radius 1 is 0.722 bits per heavy atom. The topological polar surface area (TPSA) is 91.2 Å². The Morgan fingerprint density at radius 3 is 1.69 bits per heavy atom. The van der Waals surface area contributed by atoms with E-state index in [0.717, 1.165) is 71.7 Å². The molecule has 2 aliphatic rings. The number of benzene rings is 2. The number of anilines is 6. The molecule has 0 spiro atoms. The minimum atomic E-state index is -1.55. The van der Waals surface area contributed by atoms with Crippen LogP contribution < -0.4 is 23.9 Å². The van der Waals surface area contributed by atoms with Gasteiger partial charge >= 0.3 is 0 Å². The zero-order valence-electron chi connectivity index (χ0n) is 31.8. The second-order valence-electron chi connectivity index (χ2n) is 14.9. The zero-order chi connectivity index (χ0) is 37.2. The second-order valence-corrected chi connectivity index (χ2v) is 24.5. The minimum Gasteiger partial charge on any atom is -0.500 e. The number of nitrogens with zero attached hydrogens (tertiary/aromatic N) is 12. The first-order valence-electron chi connectivity index (χ1n) is 17.9. The van der Waals surface area contributed by atoms with Crippen molar-refractivity contribution < 1.29 is 24.5 Å². The molecule has 4 aromatic heterocycles. The van der Waals surface area contributed by atoms with Gasteiger partial charge < -0.3 is 23.9 Å². The quantitative estimate of drug-likeness (QED) is 0.0853. The molecule has 2 aromatic carbocycles. The number of pyridine rings is 2. The molecule has 6 aromatic rings. The van der Waals surface area contributed by atoms with Crippen molar-refractivity contribution >= 4 is 50.9 Å². The predicted octanol–water partition coefficient (Wildman–Crippen LogP) is 6.64. The molecule has 12 nitrogen and oxygen atoms in total. The van der Waals surface area contributed by atoms with Crippen molar-refractivity contribution in [3.05, 3.63) is 123 Å². The molecule has 0 atom stereocenters. The fraction of sp³-hybridized carbons (Fsp3) is 0.282. The molecule has 0 fully saturated rings. The van der Waals surface area contributed by atoms with Crippen LogP contribution in [0.15, 0.2) is 85.2 Å². The van der Waals surface area contributed by atoms with Crippen LogP contribution in [-0.4, -0.2) is 64.1 Å². The van der Waals surface area contributed by atoms with Crippen LogP contribution in [-0.2, 0) is 27.2 Å². The number of aryl methyl sites for hydroxylation is 1. The number of fused-ring (bicyclic) bond motifs is 2. The van der Waals surface area contributed by atoms with Crippen LogP contribution in [0.25, 0.3) is 11.4 Å². The van der Waals surface area contributed by atoms with Crippen LogP contribution in [0.1, 0.15) is 12.8 Å². The van der Waals surface area contributed by atoms with Crippen molar-refractivity contribution in [2.75, 3.05) is 32.7 Å². The zero-order valence-corrected chi connectivity index (χ0v) is 36.2. The first-order chi connectivity index (χ1) is 25.5. The molecule has 0 bridgehead atoms. The molecule has 283 valence electrons. The summed E-state index contributed by atoms with van der Waals surface area (Å²) >= 11 is 0. The summed E-state index contributed by atoms with van der Waals surface area (Å²) in [5.41, 5.74) is 5.82. The number of aromatic nitrogens is 8. The molecule has 0 saturated heterocycles. The smallest absolute Gasteiger partial charge is 0.258 e. The molecular weight excluding hydrogens is 885 g/mol. The summed E-state index contributed by atoms with van der Waals surface area (Å²) in [6.07, 6.45) is 12.3. The third-order valence-corrected chi connectivity index (χ3v) is 11.7. The summed E-state index contributed by atoms with van der Waals surface area (Å²) in [5, 5.41) is 12.9. The van der Waals surface area contributed by atoms with Crippen LogP contribution in [0, 0.1) is 37.9 Å². The second kappa shape index (κ2) is 16.4. The maximum Gasteiger partial charge on any atom is 0.258 e. The van der Waals surface area contributed by atoms with E-state index in [1.165, 1.54) is 0 Å². The third kappa shape index (κ3) is 8.49. The van der Waals surface area contributed by atoms with Crippen molar-refractivity contribution in [3.8, 4) is 11.4 Å². The number of para-hydroxylation sites is 2. The SMILES string of the molecule is Cn1n[n+]([Si](C)(C)C)[c-]c1-c1[c-]n([Si](C)(C)C)nn1.[Ir].[c-]1ccccc1N1[CH-]N(CCCCN2[CH-]N(c3[c-]cccc3)c3ncccc32)c2cccnc21. The van der Waals surface area contributed by atoms with Gasteiger partial charge in [0.25, 0.3) is 8.24 Å². The van der Waals surface area contributed by atoms with E-state index in [-0.39, 0.29) is 20.1 Å². The summed E-state index contributed by atoms with van der Waals surface area (Å²) in [6, 6.07) is 30.9. The average Bonchev–Trinajstić information content (AvgIpc) is 3.95. The van der Waals surface area contributed by atoms with Crippen LogP contribution in [0.4, 0.5) is 34.4 Å². The van der Waals surface area contributed by atoms with Gasteiger partial charge in [0.15, 0.2) is 8.24 Å². The van der Waals surface area contributed by atoms with Crippen molar-refractivity contribution in [2.45, 2.75) is 52.1 Å². The van der Waals surface area contributed by atoms with E-state index in [9.17, 15) is 0 Å². The normalized spacial score (nSPS) is 13.7. The number of unbranched alkanes of at least 4 members (excludes halogenated alkanes) is 1. The molecule has 0 amide bonds. The molecular formula is C39H45IrN12Si2-5. The Bertz CT molecular complexity index is 2030. The van der Waals surface area contributed by atoms with Crippen molar-refractivity contribution in [1.29, 1.82) is 0 Å². The number of hydrogen-bond donors (Lipinski definition) is 0. The van der Waals surface area contributed by atoms with Gasteiger partial charge in [-0.25, -0.2) is 20.8 Å². The van der Waals surface area contributed by atoms with E-state index in [1.54, 1.807) is 4.68 Å². The van der Waals surface area contributed by atoms with Crippen molar-refractivity contribution in [1.82, 2.24) is 34.5 Å². The maximum absolute atomic E-state index is 4.63. The Labute approximate surface area is 334 Å². The fourth-order valence-corrected chi connectivity index (χ4v) is 7.57. The van der Waals surface area contributed by atoms with Gasteiger partial charge in [-0.3, -0.25) is 9.45 Å². The Hall–Kier alpha value is -4.70. The molecule has 0 N–H and O–H groups in total. The van der Waals surface area contributed by atoms with E-state index in [0.29, 0.717) is 0 Å². The molecule has 6 heterocycles. The molecule has 0 saturated carbocycles. The summed E-state index contributed by atoms with van der Waals surface area (Å²) in [6.45, 7) is 19.4. The molecule has 1 radical (unpaired) electrons. The van der Waals surface area contributed by atoms with E-state index in [4.69, 9.17) is 0 Å². The van der Waals surface area contributed by atoms with Crippen LogP contribution in [0.3, 0.4) is 0 Å². The van der Waals surface area contributed by atoms with Crippen LogP contribution >= 0.6 is 0 Å². The van der Waals surface area contributed by atoms with Crippen LogP contribution in [0.2, 0.25) is 39.3 Å². The number of hydrogen-bond acceptors (Lipinski definition) is 9. The summed E-state index contributed by atoms with van der Waals surface area (Å²) in [4.78, 5) is 18.1. The first kappa shape index (κ1) is 39.0. The molecule has 0 unspecified atom stereocenters.